The van der Waals surface area contributed by atoms with E-state index >= 15 is 0 Å². The Morgan fingerprint density at radius 1 is 1.50 bits per heavy atom. The van der Waals surface area contributed by atoms with Gasteiger partial charge < -0.3 is 16.0 Å². The number of carbonyl (C=O) groups is 1. The average Bonchev–Trinajstić information content (AvgIpc) is 3.14. The summed E-state index contributed by atoms with van der Waals surface area (Å²) in [6.45, 7) is 3.39. The van der Waals surface area contributed by atoms with Crippen LogP contribution >= 0.6 is 0 Å². The number of nitrogens with zero attached hydrogens (tertiary/aromatic N) is 1. The van der Waals surface area contributed by atoms with Crippen molar-refractivity contribution in [3.63, 3.8) is 0 Å². The van der Waals surface area contributed by atoms with Crippen molar-refractivity contribution in [2.24, 2.45) is 5.73 Å². The lowest BCUT2D eigenvalue weighted by molar-refractivity contribution is 0.208. The highest BCUT2D eigenvalue weighted by Gasteiger charge is 2.32. The van der Waals surface area contributed by atoms with E-state index in [1.807, 2.05) is 36.1 Å². The second kappa shape index (κ2) is 5.87. The molecule has 1 aromatic carbocycles. The lowest BCUT2D eigenvalue weighted by atomic mass is 10.2. The van der Waals surface area contributed by atoms with Crippen molar-refractivity contribution in [1.29, 1.82) is 0 Å². The minimum atomic E-state index is -0.00319. The van der Waals surface area contributed by atoms with Gasteiger partial charge >= 0.3 is 6.03 Å². The van der Waals surface area contributed by atoms with Gasteiger partial charge in [-0.05, 0) is 50.4 Å². The summed E-state index contributed by atoms with van der Waals surface area (Å²) in [6, 6.07) is 8.28. The van der Waals surface area contributed by atoms with E-state index in [2.05, 4.69) is 5.32 Å². The molecule has 1 fully saturated rings. The molecule has 0 atom stereocenters. The number of nitrogens with one attached hydrogen (secondary N) is 1. The minimum absolute atomic E-state index is 0.00319. The zero-order chi connectivity index (χ0) is 13.0. The molecular weight excluding hydrogens is 226 g/mol. The molecule has 98 valence electrons. The molecule has 0 unspecified atom stereocenters. The van der Waals surface area contributed by atoms with Gasteiger partial charge in [0, 0.05) is 18.3 Å². The Bertz CT molecular complexity index is 415. The maximum Gasteiger partial charge on any atom is 0.322 e. The van der Waals surface area contributed by atoms with Crippen molar-refractivity contribution in [3.8, 4) is 0 Å². The monoisotopic (exact) mass is 247 g/mol. The molecule has 1 saturated carbocycles. The van der Waals surface area contributed by atoms with Crippen LogP contribution in [0.25, 0.3) is 0 Å². The van der Waals surface area contributed by atoms with Gasteiger partial charge in [-0.25, -0.2) is 4.79 Å². The van der Waals surface area contributed by atoms with Gasteiger partial charge in [0.2, 0.25) is 0 Å². The number of urea groups is 1. The van der Waals surface area contributed by atoms with Crippen LogP contribution in [0.15, 0.2) is 24.3 Å². The minimum Gasteiger partial charge on any atom is -0.330 e. The Balaban J connectivity index is 1.96. The molecule has 0 heterocycles. The third kappa shape index (κ3) is 3.47. The third-order valence-corrected chi connectivity index (χ3v) is 3.12. The number of benzene rings is 1. The highest BCUT2D eigenvalue weighted by Crippen LogP contribution is 2.27. The molecule has 0 saturated heterocycles. The van der Waals surface area contributed by atoms with Crippen LogP contribution in [-0.2, 0) is 0 Å². The number of anilines is 1. The topological polar surface area (TPSA) is 58.4 Å². The van der Waals surface area contributed by atoms with Crippen LogP contribution in [0.3, 0.4) is 0 Å². The summed E-state index contributed by atoms with van der Waals surface area (Å²) < 4.78 is 0. The Morgan fingerprint density at radius 2 is 2.28 bits per heavy atom. The summed E-state index contributed by atoms with van der Waals surface area (Å²) in [7, 11) is 0. The quantitative estimate of drug-likeness (QED) is 0.839. The van der Waals surface area contributed by atoms with E-state index in [1.165, 1.54) is 0 Å². The first-order valence-electron chi connectivity index (χ1n) is 6.55. The predicted octanol–water partition coefficient (Wildman–Crippen LogP) is 2.34. The lowest BCUT2D eigenvalue weighted by Gasteiger charge is -2.22. The van der Waals surface area contributed by atoms with Crippen LogP contribution in [0.5, 0.6) is 0 Å². The molecule has 0 aliphatic heterocycles. The lowest BCUT2D eigenvalue weighted by Crippen LogP contribution is -2.38. The van der Waals surface area contributed by atoms with Gasteiger partial charge in [-0.1, -0.05) is 12.1 Å². The number of nitrogens with two attached hydrogens (primary N) is 1. The van der Waals surface area contributed by atoms with Crippen molar-refractivity contribution < 1.29 is 4.79 Å². The van der Waals surface area contributed by atoms with Crippen LogP contribution in [0.2, 0.25) is 0 Å². The Hall–Kier alpha value is -1.55. The second-order valence-corrected chi connectivity index (χ2v) is 4.87. The first kappa shape index (κ1) is 12.9. The molecule has 18 heavy (non-hydrogen) atoms. The zero-order valence-electron chi connectivity index (χ0n) is 10.9. The van der Waals surface area contributed by atoms with Gasteiger partial charge in [0.15, 0.2) is 0 Å². The van der Waals surface area contributed by atoms with Crippen LogP contribution in [0, 0.1) is 6.92 Å². The zero-order valence-corrected chi connectivity index (χ0v) is 10.9. The van der Waals surface area contributed by atoms with Crippen LogP contribution in [0.1, 0.15) is 24.8 Å². The highest BCUT2D eigenvalue weighted by molar-refractivity contribution is 5.89. The number of rotatable bonds is 5. The summed E-state index contributed by atoms with van der Waals surface area (Å²) in [6.07, 6.45) is 3.09. The highest BCUT2D eigenvalue weighted by atomic mass is 16.2. The molecule has 0 spiro atoms. The van der Waals surface area contributed by atoms with Crippen molar-refractivity contribution in [2.45, 2.75) is 32.2 Å². The summed E-state index contributed by atoms with van der Waals surface area (Å²) in [5, 5.41) is 2.96. The molecule has 4 heteroatoms. The molecule has 4 nitrogen and oxygen atoms in total. The molecule has 1 aromatic rings. The van der Waals surface area contributed by atoms with E-state index in [0.29, 0.717) is 12.6 Å². The van der Waals surface area contributed by atoms with Crippen molar-refractivity contribution in [1.82, 2.24) is 4.90 Å². The van der Waals surface area contributed by atoms with Gasteiger partial charge in [-0.2, -0.15) is 0 Å². The summed E-state index contributed by atoms with van der Waals surface area (Å²) in [4.78, 5) is 14.1. The predicted molar refractivity (Wildman–Crippen MR) is 73.6 cm³/mol. The van der Waals surface area contributed by atoms with E-state index < -0.39 is 0 Å². The molecule has 1 aliphatic rings. The number of aryl methyl sites for hydroxylation is 1. The molecule has 2 rings (SSSR count). The Labute approximate surface area is 108 Å². The van der Waals surface area contributed by atoms with Crippen LogP contribution in [0.4, 0.5) is 10.5 Å². The van der Waals surface area contributed by atoms with Gasteiger partial charge in [0.25, 0.3) is 0 Å². The van der Waals surface area contributed by atoms with E-state index in [1.54, 1.807) is 0 Å². The Kier molecular flexibility index (Phi) is 4.20. The van der Waals surface area contributed by atoms with Crippen molar-refractivity contribution in [2.75, 3.05) is 18.4 Å². The Morgan fingerprint density at radius 3 is 2.89 bits per heavy atom. The second-order valence-electron chi connectivity index (χ2n) is 4.87. The maximum atomic E-state index is 12.2. The fourth-order valence-corrected chi connectivity index (χ4v) is 2.02. The van der Waals surface area contributed by atoms with Crippen molar-refractivity contribution >= 4 is 11.7 Å². The standard InChI is InChI=1S/C14H21N3O/c1-11-4-2-5-12(10-11)16-14(18)17(9-3-8-15)13-6-7-13/h2,4-5,10,13H,3,6-9,15H2,1H3,(H,16,18). The van der Waals surface area contributed by atoms with Gasteiger partial charge in [0.1, 0.15) is 0 Å². The van der Waals surface area contributed by atoms with Gasteiger partial charge in [-0.15, -0.1) is 0 Å². The molecule has 0 radical (unpaired) electrons. The summed E-state index contributed by atoms with van der Waals surface area (Å²) in [5.41, 5.74) is 7.52. The average molecular weight is 247 g/mol. The van der Waals surface area contributed by atoms with Gasteiger partial charge in [0.05, 0.1) is 0 Å². The third-order valence-electron chi connectivity index (χ3n) is 3.12. The molecule has 0 bridgehead atoms. The summed E-state index contributed by atoms with van der Waals surface area (Å²) in [5.74, 6) is 0. The van der Waals surface area contributed by atoms with Crippen molar-refractivity contribution in [3.05, 3.63) is 29.8 Å². The first-order chi connectivity index (χ1) is 8.70. The van der Waals surface area contributed by atoms with E-state index in [-0.39, 0.29) is 6.03 Å². The SMILES string of the molecule is Cc1cccc(NC(=O)N(CCCN)C2CC2)c1. The maximum absolute atomic E-state index is 12.2. The fraction of sp³-hybridized carbons (Fsp3) is 0.500. The number of amides is 2. The van der Waals surface area contributed by atoms with E-state index in [9.17, 15) is 4.79 Å². The van der Waals surface area contributed by atoms with Gasteiger partial charge in [-0.3, -0.25) is 0 Å². The smallest absolute Gasteiger partial charge is 0.322 e. The molecule has 2 amide bonds. The first-order valence-corrected chi connectivity index (χ1v) is 6.55. The van der Waals surface area contributed by atoms with E-state index in [4.69, 9.17) is 5.73 Å². The number of carbonyl (C=O) groups excluding carboxylic acids is 1. The molecular formula is C14H21N3O. The van der Waals surface area contributed by atoms with Crippen LogP contribution in [-0.4, -0.2) is 30.1 Å². The normalized spacial score (nSPS) is 14.3. The fourth-order valence-electron chi connectivity index (χ4n) is 2.02. The summed E-state index contributed by atoms with van der Waals surface area (Å²) >= 11 is 0. The number of hydrogen-bond donors (Lipinski definition) is 2. The molecule has 3 N–H and O–H groups in total. The largest absolute Gasteiger partial charge is 0.330 e. The molecule has 1 aliphatic carbocycles. The van der Waals surface area contributed by atoms with Crippen LogP contribution < -0.4 is 11.1 Å². The number of hydrogen-bond acceptors (Lipinski definition) is 2. The molecule has 0 aromatic heterocycles. The van der Waals surface area contributed by atoms with E-state index in [0.717, 1.165) is 37.1 Å².